The monoisotopic (exact) mass is 371 g/mol. The van der Waals surface area contributed by atoms with Crippen molar-refractivity contribution in [2.24, 2.45) is 0 Å². The molecule has 1 amide bonds. The Morgan fingerprint density at radius 3 is 2.30 bits per heavy atom. The number of carbonyl (C=O) groups excluding carboxylic acids is 3. The Morgan fingerprint density at radius 2 is 1.63 bits per heavy atom. The predicted molar refractivity (Wildman–Crippen MR) is 99.3 cm³/mol. The van der Waals surface area contributed by atoms with Gasteiger partial charge in [-0.2, -0.15) is 0 Å². The maximum absolute atomic E-state index is 13.5. The van der Waals surface area contributed by atoms with Crippen molar-refractivity contribution in [3.63, 3.8) is 0 Å². The number of benzene rings is 2. The molecule has 142 valence electrons. The van der Waals surface area contributed by atoms with Crippen LogP contribution in [0.1, 0.15) is 44.3 Å². The summed E-state index contributed by atoms with van der Waals surface area (Å²) in [5.74, 6) is -2.50. The molecule has 0 radical (unpaired) electrons. The first-order valence-corrected chi connectivity index (χ1v) is 8.55. The number of ether oxygens (including phenoxy) is 1. The number of carbonyl (C=O) groups is 3. The number of rotatable bonds is 6. The number of nitrogens with one attached hydrogen (secondary N) is 1. The Kier molecular flexibility index (Phi) is 6.45. The highest BCUT2D eigenvalue weighted by Crippen LogP contribution is 2.18. The number of amides is 1. The van der Waals surface area contributed by atoms with Crippen molar-refractivity contribution < 1.29 is 23.5 Å². The second-order valence-electron chi connectivity index (χ2n) is 6.41. The Morgan fingerprint density at radius 1 is 1.00 bits per heavy atom. The fourth-order valence-electron chi connectivity index (χ4n) is 2.63. The van der Waals surface area contributed by atoms with E-state index >= 15 is 0 Å². The van der Waals surface area contributed by atoms with Crippen molar-refractivity contribution in [3.05, 3.63) is 70.0 Å². The molecule has 5 nitrogen and oxygen atoms in total. The minimum Gasteiger partial charge on any atom is -0.453 e. The first-order chi connectivity index (χ1) is 12.7. The van der Waals surface area contributed by atoms with E-state index < -0.39 is 30.3 Å². The summed E-state index contributed by atoms with van der Waals surface area (Å²) < 4.78 is 18.7. The molecule has 0 fully saturated rings. The highest BCUT2D eigenvalue weighted by Gasteiger charge is 2.22. The summed E-state index contributed by atoms with van der Waals surface area (Å²) in [6, 6.07) is 9.12. The normalized spacial score (nSPS) is 11.6. The molecule has 2 rings (SSSR count). The molecule has 6 heteroatoms. The van der Waals surface area contributed by atoms with Gasteiger partial charge in [0.15, 0.2) is 6.10 Å². The molecule has 0 aliphatic heterocycles. The van der Waals surface area contributed by atoms with Crippen LogP contribution in [-0.2, 0) is 9.53 Å². The molecule has 0 aliphatic carbocycles. The number of Topliss-reactive ketones (excluding diaryl/α,β-unsaturated/α-hetero) is 1. The van der Waals surface area contributed by atoms with Crippen molar-refractivity contribution in [1.82, 2.24) is 5.32 Å². The van der Waals surface area contributed by atoms with Crippen LogP contribution in [0, 0.1) is 26.6 Å². The Hall–Kier alpha value is -3.02. The van der Waals surface area contributed by atoms with Crippen molar-refractivity contribution in [1.29, 1.82) is 0 Å². The number of hydrogen-bond donors (Lipinski definition) is 1. The smallest absolute Gasteiger partial charge is 0.326 e. The second kappa shape index (κ2) is 8.58. The van der Waals surface area contributed by atoms with Gasteiger partial charge in [0.05, 0.1) is 5.56 Å². The standard InChI is InChI=1S/C21H22FNO4/c1-12-9-14(3)17(10-13(12)2)20(25)15(4)27-19(24)11-23-21(26)16-7-5-6-8-18(16)22/h5-10,15H,11H2,1-4H3,(H,23,26)/t15-/m1/s1. The van der Waals surface area contributed by atoms with Crippen molar-refractivity contribution in [3.8, 4) is 0 Å². The lowest BCUT2D eigenvalue weighted by molar-refractivity contribution is -0.145. The minimum atomic E-state index is -0.997. The summed E-state index contributed by atoms with van der Waals surface area (Å²) in [6.45, 7) is 6.70. The largest absolute Gasteiger partial charge is 0.453 e. The third kappa shape index (κ3) is 5.00. The van der Waals surface area contributed by atoms with Gasteiger partial charge in [0.25, 0.3) is 5.91 Å². The SMILES string of the molecule is Cc1cc(C)c(C(=O)[C@@H](C)OC(=O)CNC(=O)c2ccccc2F)cc1C. The quantitative estimate of drug-likeness (QED) is 0.625. The number of ketones is 1. The third-order valence-corrected chi connectivity index (χ3v) is 4.30. The van der Waals surface area contributed by atoms with E-state index in [1.54, 1.807) is 6.07 Å². The van der Waals surface area contributed by atoms with Gasteiger partial charge >= 0.3 is 5.97 Å². The summed E-state index contributed by atoms with van der Waals surface area (Å²) in [6.07, 6.45) is -0.997. The fourth-order valence-corrected chi connectivity index (χ4v) is 2.63. The molecule has 0 bridgehead atoms. The van der Waals surface area contributed by atoms with E-state index in [2.05, 4.69) is 5.32 Å². The summed E-state index contributed by atoms with van der Waals surface area (Å²) in [5, 5.41) is 2.29. The molecule has 1 atom stereocenters. The third-order valence-electron chi connectivity index (χ3n) is 4.30. The van der Waals surface area contributed by atoms with E-state index in [4.69, 9.17) is 4.74 Å². The minimum absolute atomic E-state index is 0.166. The van der Waals surface area contributed by atoms with Crippen LogP contribution in [0.4, 0.5) is 4.39 Å². The van der Waals surface area contributed by atoms with Gasteiger partial charge in [-0.15, -0.1) is 0 Å². The van der Waals surface area contributed by atoms with Gasteiger partial charge in [-0.1, -0.05) is 18.2 Å². The van der Waals surface area contributed by atoms with Crippen molar-refractivity contribution in [2.75, 3.05) is 6.54 Å². The van der Waals surface area contributed by atoms with Crippen LogP contribution in [0.2, 0.25) is 0 Å². The average molecular weight is 371 g/mol. The molecule has 0 spiro atoms. The zero-order valence-electron chi connectivity index (χ0n) is 15.8. The molecular formula is C21H22FNO4. The molecule has 2 aromatic carbocycles. The van der Waals surface area contributed by atoms with Crippen LogP contribution in [0.3, 0.4) is 0 Å². The maximum Gasteiger partial charge on any atom is 0.326 e. The van der Waals surface area contributed by atoms with E-state index in [9.17, 15) is 18.8 Å². The van der Waals surface area contributed by atoms with Crippen LogP contribution in [0.5, 0.6) is 0 Å². The van der Waals surface area contributed by atoms with E-state index in [0.717, 1.165) is 22.8 Å². The molecule has 1 N–H and O–H groups in total. The van der Waals surface area contributed by atoms with Crippen LogP contribution in [0.15, 0.2) is 36.4 Å². The highest BCUT2D eigenvalue weighted by atomic mass is 19.1. The molecule has 0 saturated carbocycles. The molecule has 0 aromatic heterocycles. The van der Waals surface area contributed by atoms with E-state index in [-0.39, 0.29) is 11.3 Å². The van der Waals surface area contributed by atoms with E-state index in [1.165, 1.54) is 25.1 Å². The lowest BCUT2D eigenvalue weighted by atomic mass is 9.96. The summed E-state index contributed by atoms with van der Waals surface area (Å²) in [4.78, 5) is 36.4. The molecule has 0 saturated heterocycles. The zero-order chi connectivity index (χ0) is 20.1. The first kappa shape index (κ1) is 20.3. The summed E-state index contributed by atoms with van der Waals surface area (Å²) in [7, 11) is 0. The van der Waals surface area contributed by atoms with Crippen LogP contribution >= 0.6 is 0 Å². The molecule has 2 aromatic rings. The van der Waals surface area contributed by atoms with Gasteiger partial charge in [0.1, 0.15) is 12.4 Å². The second-order valence-corrected chi connectivity index (χ2v) is 6.41. The lowest BCUT2D eigenvalue weighted by Gasteiger charge is -2.15. The first-order valence-electron chi connectivity index (χ1n) is 8.55. The zero-order valence-corrected chi connectivity index (χ0v) is 15.8. The Bertz CT molecular complexity index is 892. The Balaban J connectivity index is 1.95. The molecular weight excluding hydrogens is 349 g/mol. The van der Waals surface area contributed by atoms with Crippen molar-refractivity contribution in [2.45, 2.75) is 33.8 Å². The summed E-state index contributed by atoms with van der Waals surface area (Å²) >= 11 is 0. The van der Waals surface area contributed by atoms with Crippen LogP contribution in [0.25, 0.3) is 0 Å². The van der Waals surface area contributed by atoms with Gasteiger partial charge in [-0.3, -0.25) is 14.4 Å². The number of hydrogen-bond acceptors (Lipinski definition) is 4. The van der Waals surface area contributed by atoms with Gasteiger partial charge in [0, 0.05) is 5.56 Å². The van der Waals surface area contributed by atoms with E-state index in [0.29, 0.717) is 5.56 Å². The van der Waals surface area contributed by atoms with Crippen LogP contribution < -0.4 is 5.32 Å². The highest BCUT2D eigenvalue weighted by molar-refractivity contribution is 6.02. The molecule has 0 aliphatic rings. The molecule has 0 unspecified atom stereocenters. The van der Waals surface area contributed by atoms with Crippen LogP contribution in [-0.4, -0.2) is 30.3 Å². The predicted octanol–water partition coefficient (Wildman–Crippen LogP) is 3.30. The molecule has 27 heavy (non-hydrogen) atoms. The fraction of sp³-hybridized carbons (Fsp3) is 0.286. The summed E-state index contributed by atoms with van der Waals surface area (Å²) in [5.41, 5.74) is 3.18. The average Bonchev–Trinajstić information content (AvgIpc) is 2.62. The number of esters is 1. The van der Waals surface area contributed by atoms with Crippen molar-refractivity contribution >= 4 is 17.7 Å². The van der Waals surface area contributed by atoms with Gasteiger partial charge in [-0.25, -0.2) is 4.39 Å². The topological polar surface area (TPSA) is 72.5 Å². The maximum atomic E-state index is 13.5. The number of aryl methyl sites for hydroxylation is 3. The number of halogens is 1. The Labute approximate surface area is 157 Å². The van der Waals surface area contributed by atoms with Gasteiger partial charge < -0.3 is 10.1 Å². The molecule has 0 heterocycles. The van der Waals surface area contributed by atoms with E-state index in [1.807, 2.05) is 26.8 Å². The van der Waals surface area contributed by atoms with Gasteiger partial charge in [-0.05, 0) is 62.6 Å². The van der Waals surface area contributed by atoms with Gasteiger partial charge in [0.2, 0.25) is 5.78 Å². The lowest BCUT2D eigenvalue weighted by Crippen LogP contribution is -2.34.